The van der Waals surface area contributed by atoms with E-state index >= 15 is 0 Å². The van der Waals surface area contributed by atoms with Gasteiger partial charge in [0.25, 0.3) is 0 Å². The van der Waals surface area contributed by atoms with Gasteiger partial charge in [-0.2, -0.15) is 0 Å². The predicted octanol–water partition coefficient (Wildman–Crippen LogP) is 3.20. The van der Waals surface area contributed by atoms with Crippen LogP contribution in [0.2, 0.25) is 0 Å². The predicted molar refractivity (Wildman–Crippen MR) is 81.2 cm³/mol. The molecule has 1 aromatic carbocycles. The SMILES string of the molecule is Nc1ccccc1SCCC(=O)NC1CCCCC1. The van der Waals surface area contributed by atoms with Crippen LogP contribution in [-0.2, 0) is 4.79 Å². The van der Waals surface area contributed by atoms with Gasteiger partial charge in [0.05, 0.1) is 0 Å². The first-order chi connectivity index (χ1) is 9.25. The summed E-state index contributed by atoms with van der Waals surface area (Å²) in [4.78, 5) is 12.9. The summed E-state index contributed by atoms with van der Waals surface area (Å²) in [6, 6.07) is 8.20. The fraction of sp³-hybridized carbons (Fsp3) is 0.533. The van der Waals surface area contributed by atoms with E-state index in [0.717, 1.165) is 29.2 Å². The Balaban J connectivity index is 1.67. The van der Waals surface area contributed by atoms with E-state index < -0.39 is 0 Å². The third kappa shape index (κ3) is 4.78. The van der Waals surface area contributed by atoms with Crippen LogP contribution in [0.4, 0.5) is 5.69 Å². The van der Waals surface area contributed by atoms with Gasteiger partial charge in [-0.25, -0.2) is 0 Å². The van der Waals surface area contributed by atoms with E-state index in [1.165, 1.54) is 19.3 Å². The molecule has 1 fully saturated rings. The molecular formula is C15H22N2OS. The van der Waals surface area contributed by atoms with Crippen molar-refractivity contribution in [2.24, 2.45) is 0 Å². The van der Waals surface area contributed by atoms with Crippen LogP contribution in [0.15, 0.2) is 29.2 Å². The minimum Gasteiger partial charge on any atom is -0.398 e. The van der Waals surface area contributed by atoms with Crippen LogP contribution in [0, 0.1) is 0 Å². The molecule has 1 saturated carbocycles. The van der Waals surface area contributed by atoms with Crippen LogP contribution in [-0.4, -0.2) is 17.7 Å². The molecule has 0 bridgehead atoms. The van der Waals surface area contributed by atoms with Crippen LogP contribution >= 0.6 is 11.8 Å². The Morgan fingerprint density at radius 1 is 1.26 bits per heavy atom. The van der Waals surface area contributed by atoms with Crippen molar-refractivity contribution in [2.45, 2.75) is 49.5 Å². The van der Waals surface area contributed by atoms with Gasteiger partial charge in [-0.15, -0.1) is 11.8 Å². The highest BCUT2D eigenvalue weighted by molar-refractivity contribution is 7.99. The van der Waals surface area contributed by atoms with E-state index in [4.69, 9.17) is 5.73 Å². The second-order valence-electron chi connectivity index (χ2n) is 5.04. The lowest BCUT2D eigenvalue weighted by Crippen LogP contribution is -2.36. The number of nitrogen functional groups attached to an aromatic ring is 1. The van der Waals surface area contributed by atoms with Gasteiger partial charge in [0.2, 0.25) is 5.91 Å². The smallest absolute Gasteiger partial charge is 0.221 e. The van der Waals surface area contributed by atoms with E-state index in [1.807, 2.05) is 24.3 Å². The van der Waals surface area contributed by atoms with Gasteiger partial charge in [-0.1, -0.05) is 31.4 Å². The molecule has 4 heteroatoms. The Morgan fingerprint density at radius 3 is 2.74 bits per heavy atom. The number of nitrogens with two attached hydrogens (primary N) is 1. The number of carbonyl (C=O) groups excluding carboxylic acids is 1. The molecule has 0 radical (unpaired) electrons. The second-order valence-corrected chi connectivity index (χ2v) is 6.18. The first-order valence-corrected chi connectivity index (χ1v) is 8.01. The summed E-state index contributed by atoms with van der Waals surface area (Å²) in [7, 11) is 0. The highest BCUT2D eigenvalue weighted by Crippen LogP contribution is 2.25. The Kier molecular flexibility index (Phi) is 5.58. The summed E-state index contributed by atoms with van der Waals surface area (Å²) < 4.78 is 0. The monoisotopic (exact) mass is 278 g/mol. The lowest BCUT2D eigenvalue weighted by Gasteiger charge is -2.22. The fourth-order valence-electron chi connectivity index (χ4n) is 2.41. The molecule has 1 aliphatic carbocycles. The van der Waals surface area contributed by atoms with Crippen molar-refractivity contribution in [1.82, 2.24) is 5.32 Å². The third-order valence-electron chi connectivity index (χ3n) is 3.48. The van der Waals surface area contributed by atoms with Gasteiger partial charge < -0.3 is 11.1 Å². The summed E-state index contributed by atoms with van der Waals surface area (Å²) in [5.41, 5.74) is 6.66. The number of carbonyl (C=O) groups is 1. The molecule has 3 nitrogen and oxygen atoms in total. The maximum absolute atomic E-state index is 11.8. The maximum atomic E-state index is 11.8. The number of amides is 1. The van der Waals surface area contributed by atoms with Crippen molar-refractivity contribution in [3.63, 3.8) is 0 Å². The third-order valence-corrected chi connectivity index (χ3v) is 4.57. The van der Waals surface area contributed by atoms with E-state index in [9.17, 15) is 4.79 Å². The zero-order valence-corrected chi connectivity index (χ0v) is 12.0. The molecule has 0 saturated heterocycles. The molecule has 1 aromatic rings. The van der Waals surface area contributed by atoms with Gasteiger partial charge in [-0.3, -0.25) is 4.79 Å². The highest BCUT2D eigenvalue weighted by atomic mass is 32.2. The lowest BCUT2D eigenvalue weighted by molar-refractivity contribution is -0.121. The van der Waals surface area contributed by atoms with Gasteiger partial charge in [-0.05, 0) is 25.0 Å². The molecule has 0 aliphatic heterocycles. The number of hydrogen-bond acceptors (Lipinski definition) is 3. The molecule has 104 valence electrons. The summed E-state index contributed by atoms with van der Waals surface area (Å²) in [5, 5.41) is 3.14. The minimum absolute atomic E-state index is 0.175. The number of thioether (sulfide) groups is 1. The first kappa shape index (κ1) is 14.3. The quantitative estimate of drug-likeness (QED) is 0.642. The van der Waals surface area contributed by atoms with Gasteiger partial charge in [0, 0.05) is 28.8 Å². The molecule has 19 heavy (non-hydrogen) atoms. The normalized spacial score (nSPS) is 16.2. The fourth-order valence-corrected chi connectivity index (χ4v) is 3.33. The summed E-state index contributed by atoms with van der Waals surface area (Å²) >= 11 is 1.65. The van der Waals surface area contributed by atoms with Crippen LogP contribution in [0.1, 0.15) is 38.5 Å². The average molecular weight is 278 g/mol. The number of para-hydroxylation sites is 1. The topological polar surface area (TPSA) is 55.1 Å². The Hall–Kier alpha value is -1.16. The van der Waals surface area contributed by atoms with Crippen LogP contribution < -0.4 is 11.1 Å². The Bertz CT molecular complexity index is 416. The molecule has 3 N–H and O–H groups in total. The number of benzene rings is 1. The molecular weight excluding hydrogens is 256 g/mol. The Labute approximate surface area is 119 Å². The van der Waals surface area contributed by atoms with Gasteiger partial charge >= 0.3 is 0 Å². The number of nitrogens with one attached hydrogen (secondary N) is 1. The van der Waals surface area contributed by atoms with Crippen molar-refractivity contribution >= 4 is 23.4 Å². The molecule has 1 amide bonds. The van der Waals surface area contributed by atoms with Crippen molar-refractivity contribution in [3.05, 3.63) is 24.3 Å². The highest BCUT2D eigenvalue weighted by Gasteiger charge is 2.15. The number of anilines is 1. The largest absolute Gasteiger partial charge is 0.398 e. The molecule has 2 rings (SSSR count). The molecule has 0 atom stereocenters. The van der Waals surface area contributed by atoms with Crippen LogP contribution in [0.25, 0.3) is 0 Å². The molecule has 0 heterocycles. The summed E-state index contributed by atoms with van der Waals surface area (Å²) in [6.45, 7) is 0. The van der Waals surface area contributed by atoms with Gasteiger partial charge in [0.1, 0.15) is 0 Å². The Morgan fingerprint density at radius 2 is 2.00 bits per heavy atom. The summed E-state index contributed by atoms with van der Waals surface area (Å²) in [5.74, 6) is 0.959. The van der Waals surface area contributed by atoms with Crippen molar-refractivity contribution in [2.75, 3.05) is 11.5 Å². The minimum atomic E-state index is 0.175. The van der Waals surface area contributed by atoms with E-state index in [1.54, 1.807) is 11.8 Å². The average Bonchev–Trinajstić information content (AvgIpc) is 2.42. The van der Waals surface area contributed by atoms with E-state index in [2.05, 4.69) is 5.32 Å². The summed E-state index contributed by atoms with van der Waals surface area (Å²) in [6.07, 6.45) is 6.67. The molecule has 0 spiro atoms. The molecule has 0 aromatic heterocycles. The van der Waals surface area contributed by atoms with Crippen LogP contribution in [0.3, 0.4) is 0 Å². The zero-order chi connectivity index (χ0) is 13.5. The van der Waals surface area contributed by atoms with Crippen LogP contribution in [0.5, 0.6) is 0 Å². The second kappa shape index (κ2) is 7.43. The van der Waals surface area contributed by atoms with Crippen molar-refractivity contribution in [3.8, 4) is 0 Å². The van der Waals surface area contributed by atoms with Crippen molar-refractivity contribution in [1.29, 1.82) is 0 Å². The zero-order valence-electron chi connectivity index (χ0n) is 11.2. The van der Waals surface area contributed by atoms with E-state index in [0.29, 0.717) is 12.5 Å². The number of hydrogen-bond donors (Lipinski definition) is 2. The number of rotatable bonds is 5. The van der Waals surface area contributed by atoms with Gasteiger partial charge in [0.15, 0.2) is 0 Å². The van der Waals surface area contributed by atoms with E-state index in [-0.39, 0.29) is 5.91 Å². The van der Waals surface area contributed by atoms with Crippen molar-refractivity contribution < 1.29 is 4.79 Å². The first-order valence-electron chi connectivity index (χ1n) is 7.02. The standard InChI is InChI=1S/C15H22N2OS/c16-13-8-4-5-9-14(13)19-11-10-15(18)17-12-6-2-1-3-7-12/h4-5,8-9,12H,1-3,6-7,10-11,16H2,(H,17,18). The molecule has 0 unspecified atom stereocenters. The molecule has 1 aliphatic rings. The maximum Gasteiger partial charge on any atom is 0.221 e. The lowest BCUT2D eigenvalue weighted by atomic mass is 9.95.